The highest BCUT2D eigenvalue weighted by molar-refractivity contribution is 9.10. The normalized spacial score (nSPS) is 10.9. The first kappa shape index (κ1) is 16.2. The molecule has 5 heteroatoms. The molecule has 120 valence electrons. The number of hydrogen-bond donors (Lipinski definition) is 1. The van der Waals surface area contributed by atoms with Gasteiger partial charge < -0.3 is 4.74 Å². The van der Waals surface area contributed by atoms with E-state index in [0.29, 0.717) is 5.75 Å². The van der Waals surface area contributed by atoms with Crippen molar-refractivity contribution in [1.82, 2.24) is 5.43 Å². The van der Waals surface area contributed by atoms with E-state index in [9.17, 15) is 4.79 Å². The summed E-state index contributed by atoms with van der Waals surface area (Å²) in [6.07, 6.45) is 1.64. The second-order valence-electron chi connectivity index (χ2n) is 5.10. The van der Waals surface area contributed by atoms with Gasteiger partial charge in [-0.3, -0.25) is 4.79 Å². The lowest BCUT2D eigenvalue weighted by atomic mass is 10.1. The zero-order valence-corrected chi connectivity index (χ0v) is 14.4. The van der Waals surface area contributed by atoms with Crippen LogP contribution in [0, 0.1) is 0 Å². The molecule has 0 aromatic heterocycles. The van der Waals surface area contributed by atoms with Crippen LogP contribution in [0.5, 0.6) is 5.75 Å². The summed E-state index contributed by atoms with van der Waals surface area (Å²) in [7, 11) is 0. The summed E-state index contributed by atoms with van der Waals surface area (Å²) in [5, 5.41) is 6.22. The number of ether oxygens (including phenoxy) is 1. The van der Waals surface area contributed by atoms with E-state index < -0.39 is 0 Å². The number of hydrogen-bond acceptors (Lipinski definition) is 3. The Hall–Kier alpha value is -2.66. The maximum atomic E-state index is 11.8. The summed E-state index contributed by atoms with van der Waals surface area (Å²) in [5.41, 5.74) is 3.42. The van der Waals surface area contributed by atoms with Gasteiger partial charge in [-0.05, 0) is 35.0 Å². The Kier molecular flexibility index (Phi) is 5.23. The van der Waals surface area contributed by atoms with Gasteiger partial charge in [0.15, 0.2) is 6.61 Å². The lowest BCUT2D eigenvalue weighted by Gasteiger charge is -2.05. The van der Waals surface area contributed by atoms with Crippen LogP contribution in [0.25, 0.3) is 10.8 Å². The van der Waals surface area contributed by atoms with Crippen molar-refractivity contribution in [2.75, 3.05) is 6.61 Å². The molecule has 1 amide bonds. The highest BCUT2D eigenvalue weighted by Crippen LogP contribution is 2.17. The van der Waals surface area contributed by atoms with Crippen molar-refractivity contribution in [2.24, 2.45) is 5.10 Å². The molecule has 3 aromatic carbocycles. The van der Waals surface area contributed by atoms with E-state index in [1.54, 1.807) is 18.3 Å². The largest absolute Gasteiger partial charge is 0.484 e. The predicted octanol–water partition coefficient (Wildman–Crippen LogP) is 4.13. The van der Waals surface area contributed by atoms with Crippen molar-refractivity contribution in [1.29, 1.82) is 0 Å². The number of nitrogens with zero attached hydrogens (tertiary/aromatic N) is 1. The summed E-state index contributed by atoms with van der Waals surface area (Å²) < 4.78 is 6.35. The molecule has 3 rings (SSSR count). The number of halogens is 1. The summed E-state index contributed by atoms with van der Waals surface area (Å²) >= 11 is 3.34. The first-order chi connectivity index (χ1) is 11.7. The molecule has 0 aliphatic rings. The molecule has 4 nitrogen and oxygen atoms in total. The highest BCUT2D eigenvalue weighted by Gasteiger charge is 2.02. The van der Waals surface area contributed by atoms with Crippen molar-refractivity contribution in [3.63, 3.8) is 0 Å². The van der Waals surface area contributed by atoms with Crippen LogP contribution in [0.3, 0.4) is 0 Å². The van der Waals surface area contributed by atoms with E-state index >= 15 is 0 Å². The van der Waals surface area contributed by atoms with Crippen molar-refractivity contribution in [3.05, 3.63) is 76.8 Å². The van der Waals surface area contributed by atoms with Gasteiger partial charge in [-0.25, -0.2) is 5.43 Å². The fourth-order valence-electron chi connectivity index (χ4n) is 2.25. The molecular weight excluding hydrogens is 368 g/mol. The number of carbonyl (C=O) groups is 1. The maximum absolute atomic E-state index is 11.8. The summed E-state index contributed by atoms with van der Waals surface area (Å²) in [5.74, 6) is 0.320. The third-order valence-electron chi connectivity index (χ3n) is 3.40. The van der Waals surface area contributed by atoms with Gasteiger partial charge in [0.05, 0.1) is 6.21 Å². The summed E-state index contributed by atoms with van der Waals surface area (Å²) in [4.78, 5) is 11.8. The van der Waals surface area contributed by atoms with Crippen molar-refractivity contribution < 1.29 is 9.53 Å². The quantitative estimate of drug-likeness (QED) is 0.532. The fourth-order valence-corrected chi connectivity index (χ4v) is 2.51. The molecule has 0 bridgehead atoms. The van der Waals surface area contributed by atoms with Crippen LogP contribution in [-0.4, -0.2) is 18.7 Å². The zero-order valence-electron chi connectivity index (χ0n) is 12.8. The third-order valence-corrected chi connectivity index (χ3v) is 3.93. The number of benzene rings is 3. The molecule has 24 heavy (non-hydrogen) atoms. The number of carbonyl (C=O) groups excluding carboxylic acids is 1. The molecule has 0 radical (unpaired) electrons. The second-order valence-corrected chi connectivity index (χ2v) is 6.02. The van der Waals surface area contributed by atoms with E-state index in [4.69, 9.17) is 4.74 Å². The smallest absolute Gasteiger partial charge is 0.277 e. The SMILES string of the molecule is O=C(COc1ccc(Br)cc1)N/N=C\c1cccc2ccccc12. The van der Waals surface area contributed by atoms with Crippen molar-refractivity contribution in [2.45, 2.75) is 0 Å². The minimum atomic E-state index is -0.311. The van der Waals surface area contributed by atoms with E-state index in [0.717, 1.165) is 20.8 Å². The zero-order chi connectivity index (χ0) is 16.8. The van der Waals surface area contributed by atoms with Gasteiger partial charge in [-0.15, -0.1) is 0 Å². The van der Waals surface area contributed by atoms with Gasteiger partial charge >= 0.3 is 0 Å². The first-order valence-electron chi connectivity index (χ1n) is 7.40. The molecule has 0 saturated heterocycles. The monoisotopic (exact) mass is 382 g/mol. The molecule has 0 spiro atoms. The Morgan fingerprint density at radius 3 is 2.62 bits per heavy atom. The Balaban J connectivity index is 1.57. The molecule has 0 unspecified atom stereocenters. The summed E-state index contributed by atoms with van der Waals surface area (Å²) in [6.45, 7) is -0.0888. The second kappa shape index (κ2) is 7.75. The van der Waals surface area contributed by atoms with Gasteiger partial charge in [-0.2, -0.15) is 5.10 Å². The molecular formula is C19H15BrN2O2. The minimum Gasteiger partial charge on any atom is -0.484 e. The maximum Gasteiger partial charge on any atom is 0.277 e. The average Bonchev–Trinajstić information content (AvgIpc) is 2.61. The molecule has 0 aliphatic carbocycles. The molecule has 3 aromatic rings. The van der Waals surface area contributed by atoms with Gasteiger partial charge in [0.1, 0.15) is 5.75 Å². The number of nitrogens with one attached hydrogen (secondary N) is 1. The van der Waals surface area contributed by atoms with Crippen LogP contribution >= 0.6 is 15.9 Å². The Labute approximate surface area is 148 Å². The number of hydrazone groups is 1. The van der Waals surface area contributed by atoms with Gasteiger partial charge in [0.25, 0.3) is 5.91 Å². The Bertz CT molecular complexity index is 871. The number of amides is 1. The van der Waals surface area contributed by atoms with E-state index in [2.05, 4.69) is 26.5 Å². The Morgan fingerprint density at radius 2 is 1.79 bits per heavy atom. The van der Waals surface area contributed by atoms with Crippen molar-refractivity contribution in [3.8, 4) is 5.75 Å². The van der Waals surface area contributed by atoms with E-state index in [1.807, 2.05) is 54.6 Å². The van der Waals surface area contributed by atoms with Crippen LogP contribution in [-0.2, 0) is 4.79 Å². The molecule has 0 fully saturated rings. The van der Waals surface area contributed by atoms with Gasteiger partial charge in [-0.1, -0.05) is 58.4 Å². The third kappa shape index (κ3) is 4.20. The number of fused-ring (bicyclic) bond motifs is 1. The predicted molar refractivity (Wildman–Crippen MR) is 99.3 cm³/mol. The Morgan fingerprint density at radius 1 is 1.04 bits per heavy atom. The van der Waals surface area contributed by atoms with Crippen LogP contribution in [0.2, 0.25) is 0 Å². The lowest BCUT2D eigenvalue weighted by molar-refractivity contribution is -0.123. The lowest BCUT2D eigenvalue weighted by Crippen LogP contribution is -2.24. The van der Waals surface area contributed by atoms with Crippen molar-refractivity contribution >= 4 is 38.8 Å². The molecule has 0 atom stereocenters. The standard InChI is InChI=1S/C19H15BrN2O2/c20-16-8-10-17(11-9-16)24-13-19(23)22-21-12-15-6-3-5-14-4-1-2-7-18(14)15/h1-12H,13H2,(H,22,23)/b21-12-. The molecule has 0 heterocycles. The minimum absolute atomic E-state index is 0.0888. The fraction of sp³-hybridized carbons (Fsp3) is 0.0526. The highest BCUT2D eigenvalue weighted by atomic mass is 79.9. The van der Waals surface area contributed by atoms with Crippen LogP contribution < -0.4 is 10.2 Å². The van der Waals surface area contributed by atoms with E-state index in [1.165, 1.54) is 0 Å². The average molecular weight is 383 g/mol. The van der Waals surface area contributed by atoms with Gasteiger partial charge in [0.2, 0.25) is 0 Å². The molecule has 0 saturated carbocycles. The van der Waals surface area contributed by atoms with Crippen LogP contribution in [0.1, 0.15) is 5.56 Å². The summed E-state index contributed by atoms with van der Waals surface area (Å²) in [6, 6.07) is 21.3. The molecule has 1 N–H and O–H groups in total. The first-order valence-corrected chi connectivity index (χ1v) is 8.20. The number of rotatable bonds is 5. The topological polar surface area (TPSA) is 50.7 Å². The molecule has 0 aliphatic heterocycles. The van der Waals surface area contributed by atoms with Crippen LogP contribution in [0.15, 0.2) is 76.3 Å². The van der Waals surface area contributed by atoms with E-state index in [-0.39, 0.29) is 12.5 Å². The van der Waals surface area contributed by atoms with Gasteiger partial charge in [0, 0.05) is 10.0 Å². The van der Waals surface area contributed by atoms with Crippen LogP contribution in [0.4, 0.5) is 0 Å².